The number of hydrogen-bond acceptors (Lipinski definition) is 6. The van der Waals surface area contributed by atoms with Crippen LogP contribution in [0.2, 0.25) is 5.02 Å². The number of esters is 1. The van der Waals surface area contributed by atoms with Gasteiger partial charge in [0, 0.05) is 19.5 Å². The van der Waals surface area contributed by atoms with Crippen LogP contribution in [0.4, 0.5) is 0 Å². The van der Waals surface area contributed by atoms with Gasteiger partial charge in [0.05, 0.1) is 23.2 Å². The van der Waals surface area contributed by atoms with Gasteiger partial charge in [0.2, 0.25) is 5.91 Å². The first-order valence-corrected chi connectivity index (χ1v) is 13.8. The summed E-state index contributed by atoms with van der Waals surface area (Å²) in [4.78, 5) is 56.4. The summed E-state index contributed by atoms with van der Waals surface area (Å²) in [6.45, 7) is 1.70. The summed E-state index contributed by atoms with van der Waals surface area (Å²) in [6.07, 6.45) is 0.900. The minimum atomic E-state index is -0.816. The van der Waals surface area contributed by atoms with Crippen molar-refractivity contribution in [1.82, 2.24) is 15.0 Å². The van der Waals surface area contributed by atoms with Crippen LogP contribution in [-0.2, 0) is 14.3 Å². The molecule has 204 valence electrons. The third-order valence-electron chi connectivity index (χ3n) is 5.47. The number of fused-ring (bicyclic) bond motifs is 1. The number of ether oxygens (including phenoxy) is 1. The first-order valence-electron chi connectivity index (χ1n) is 11.9. The lowest BCUT2D eigenvalue weighted by molar-refractivity contribution is -0.145. The van der Waals surface area contributed by atoms with Crippen LogP contribution in [0.15, 0.2) is 80.5 Å². The Morgan fingerprint density at radius 1 is 1.05 bits per heavy atom. The minimum absolute atomic E-state index is 0.0622. The second-order valence-corrected chi connectivity index (χ2v) is 10.5. The Bertz CT molecular complexity index is 1710. The molecule has 0 spiro atoms. The predicted molar refractivity (Wildman–Crippen MR) is 160 cm³/mol. The van der Waals surface area contributed by atoms with E-state index in [9.17, 15) is 19.2 Å². The van der Waals surface area contributed by atoms with Gasteiger partial charge >= 0.3 is 5.97 Å². The van der Waals surface area contributed by atoms with Crippen molar-refractivity contribution in [3.8, 4) is 0 Å². The molecule has 2 N–H and O–H groups in total. The standard InChI is InChI=1S/C28H21Br2ClN4O5/c1-2-40-24(37)15-23(36)34-35-26(33-25-19(28(35)39)13-18(29)14-20(25)30)22(12-17-10-6-7-11-21(17)31)32-27(38)16-8-4-3-5-9-16/h3-14H,2,15H2,1H3,(H,32,38)(H,34,36)/b22-12-. The summed E-state index contributed by atoms with van der Waals surface area (Å²) < 4.78 is 6.82. The van der Waals surface area contributed by atoms with E-state index in [-0.39, 0.29) is 29.0 Å². The monoisotopic (exact) mass is 686 g/mol. The van der Waals surface area contributed by atoms with Gasteiger partial charge in [-0.15, -0.1) is 0 Å². The van der Waals surface area contributed by atoms with Gasteiger partial charge in [-0.05, 0) is 64.8 Å². The van der Waals surface area contributed by atoms with E-state index in [1.165, 1.54) is 6.08 Å². The predicted octanol–water partition coefficient (Wildman–Crippen LogP) is 5.53. The number of carbonyl (C=O) groups is 3. The summed E-state index contributed by atoms with van der Waals surface area (Å²) in [7, 11) is 0. The maximum absolute atomic E-state index is 13.8. The normalized spacial score (nSPS) is 11.2. The SMILES string of the molecule is CCOC(=O)CC(=O)Nn1c(/C(=C/c2ccccc2Cl)NC(=O)c2ccccc2)nc2c(Br)cc(Br)cc2c1=O. The van der Waals surface area contributed by atoms with Gasteiger partial charge in [0.15, 0.2) is 5.82 Å². The molecule has 9 nitrogen and oxygen atoms in total. The molecule has 40 heavy (non-hydrogen) atoms. The molecular weight excluding hydrogens is 668 g/mol. The van der Waals surface area contributed by atoms with E-state index >= 15 is 0 Å². The van der Waals surface area contributed by atoms with Crippen molar-refractivity contribution in [1.29, 1.82) is 0 Å². The van der Waals surface area contributed by atoms with Gasteiger partial charge < -0.3 is 10.1 Å². The highest BCUT2D eigenvalue weighted by Gasteiger charge is 2.22. The van der Waals surface area contributed by atoms with E-state index in [0.717, 1.165) is 4.68 Å². The van der Waals surface area contributed by atoms with E-state index in [0.29, 0.717) is 25.1 Å². The van der Waals surface area contributed by atoms with Crippen LogP contribution in [0.3, 0.4) is 0 Å². The van der Waals surface area contributed by atoms with Crippen LogP contribution in [0.1, 0.15) is 35.1 Å². The molecule has 0 aliphatic carbocycles. The fourth-order valence-corrected chi connectivity index (χ4v) is 5.20. The molecule has 0 atom stereocenters. The Labute approximate surface area is 250 Å². The van der Waals surface area contributed by atoms with Crippen LogP contribution in [0.25, 0.3) is 22.7 Å². The van der Waals surface area contributed by atoms with Crippen molar-refractivity contribution in [2.75, 3.05) is 12.0 Å². The summed E-state index contributed by atoms with van der Waals surface area (Å²) in [5.41, 5.74) is 2.98. The zero-order valence-electron chi connectivity index (χ0n) is 20.9. The smallest absolute Gasteiger partial charge is 0.315 e. The van der Waals surface area contributed by atoms with Gasteiger partial charge in [-0.2, -0.15) is 4.68 Å². The van der Waals surface area contributed by atoms with Crippen molar-refractivity contribution in [2.45, 2.75) is 13.3 Å². The second-order valence-electron chi connectivity index (χ2n) is 8.28. The Hall–Kier alpha value is -3.80. The van der Waals surface area contributed by atoms with Crippen LogP contribution < -0.4 is 16.3 Å². The Morgan fingerprint density at radius 3 is 2.45 bits per heavy atom. The molecule has 1 heterocycles. The summed E-state index contributed by atoms with van der Waals surface area (Å²) in [6, 6.07) is 18.6. The molecular formula is C28H21Br2ClN4O5. The number of hydrogen-bond donors (Lipinski definition) is 2. The molecule has 1 aromatic heterocycles. The zero-order chi connectivity index (χ0) is 28.8. The lowest BCUT2D eigenvalue weighted by Crippen LogP contribution is -2.39. The van der Waals surface area contributed by atoms with Crippen LogP contribution in [0, 0.1) is 0 Å². The fraction of sp³-hybridized carbons (Fsp3) is 0.107. The lowest BCUT2D eigenvalue weighted by atomic mass is 10.1. The highest BCUT2D eigenvalue weighted by atomic mass is 79.9. The summed E-state index contributed by atoms with van der Waals surface area (Å²) >= 11 is 13.2. The quantitative estimate of drug-likeness (QED) is 0.186. The van der Waals surface area contributed by atoms with Crippen molar-refractivity contribution >= 4 is 83.9 Å². The molecule has 0 aliphatic rings. The van der Waals surface area contributed by atoms with Crippen molar-refractivity contribution in [3.63, 3.8) is 0 Å². The number of benzene rings is 3. The molecule has 3 aromatic carbocycles. The van der Waals surface area contributed by atoms with Gasteiger partial charge in [0.25, 0.3) is 11.5 Å². The van der Waals surface area contributed by atoms with Gasteiger partial charge in [0.1, 0.15) is 6.42 Å². The van der Waals surface area contributed by atoms with E-state index in [2.05, 4.69) is 47.6 Å². The number of nitrogens with zero attached hydrogens (tertiary/aromatic N) is 2. The first kappa shape index (κ1) is 29.2. The topological polar surface area (TPSA) is 119 Å². The lowest BCUT2D eigenvalue weighted by Gasteiger charge is -2.18. The number of carbonyl (C=O) groups excluding carboxylic acids is 3. The largest absolute Gasteiger partial charge is 0.466 e. The number of nitrogens with one attached hydrogen (secondary N) is 2. The minimum Gasteiger partial charge on any atom is -0.466 e. The maximum Gasteiger partial charge on any atom is 0.315 e. The highest BCUT2D eigenvalue weighted by molar-refractivity contribution is 9.11. The summed E-state index contributed by atoms with van der Waals surface area (Å²) in [5, 5.41) is 3.33. The Balaban J connectivity index is 1.94. The van der Waals surface area contributed by atoms with Crippen LogP contribution in [-0.4, -0.2) is 34.1 Å². The van der Waals surface area contributed by atoms with Gasteiger partial charge in [-0.25, -0.2) is 4.98 Å². The fourth-order valence-electron chi connectivity index (χ4n) is 3.70. The molecule has 0 unspecified atom stereocenters. The third-order valence-corrected chi connectivity index (χ3v) is 6.87. The third kappa shape index (κ3) is 6.85. The summed E-state index contributed by atoms with van der Waals surface area (Å²) in [5.74, 6) is -2.18. The molecule has 4 rings (SSSR count). The molecule has 0 saturated heterocycles. The average Bonchev–Trinajstić information content (AvgIpc) is 2.92. The number of amides is 2. The van der Waals surface area contributed by atoms with E-state index in [4.69, 9.17) is 16.3 Å². The molecule has 0 bridgehead atoms. The van der Waals surface area contributed by atoms with Crippen LogP contribution in [0.5, 0.6) is 0 Å². The van der Waals surface area contributed by atoms with E-state index < -0.39 is 29.8 Å². The molecule has 0 fully saturated rings. The van der Waals surface area contributed by atoms with Gasteiger partial charge in [-0.1, -0.05) is 63.9 Å². The zero-order valence-corrected chi connectivity index (χ0v) is 24.8. The molecule has 0 radical (unpaired) electrons. The van der Waals surface area contributed by atoms with Crippen molar-refractivity contribution < 1.29 is 19.1 Å². The second kappa shape index (κ2) is 13.0. The maximum atomic E-state index is 13.8. The Kier molecular flexibility index (Phi) is 9.51. The molecule has 0 aliphatic heterocycles. The van der Waals surface area contributed by atoms with Crippen molar-refractivity contribution in [2.24, 2.45) is 0 Å². The Morgan fingerprint density at radius 2 is 1.75 bits per heavy atom. The molecule has 12 heteroatoms. The first-order chi connectivity index (χ1) is 19.2. The average molecular weight is 689 g/mol. The van der Waals surface area contributed by atoms with Crippen LogP contribution >= 0.6 is 43.5 Å². The van der Waals surface area contributed by atoms with E-state index in [1.807, 2.05) is 0 Å². The van der Waals surface area contributed by atoms with Gasteiger partial charge in [-0.3, -0.25) is 24.6 Å². The number of rotatable bonds is 8. The van der Waals surface area contributed by atoms with Crippen molar-refractivity contribution in [3.05, 3.63) is 108 Å². The van der Waals surface area contributed by atoms with E-state index in [1.54, 1.807) is 73.7 Å². The highest BCUT2D eigenvalue weighted by Crippen LogP contribution is 2.27. The molecule has 2 amide bonds. The number of aromatic nitrogens is 2. The molecule has 4 aromatic rings. The molecule has 0 saturated carbocycles. The number of halogens is 3.